The Labute approximate surface area is 115 Å². The van der Waals surface area contributed by atoms with Gasteiger partial charge in [-0.15, -0.1) is 0 Å². The number of carboxylic acids is 1. The van der Waals surface area contributed by atoms with Gasteiger partial charge in [0.05, 0.1) is 11.6 Å². The lowest BCUT2D eigenvalue weighted by Gasteiger charge is -2.00. The molecular weight excluding hydrogens is 240 g/mol. The number of benzene rings is 1. The van der Waals surface area contributed by atoms with Gasteiger partial charge in [0.2, 0.25) is 0 Å². The summed E-state index contributed by atoms with van der Waals surface area (Å²) in [6, 6.07) is 5.76. The van der Waals surface area contributed by atoms with E-state index in [2.05, 4.69) is 24.1 Å². The van der Waals surface area contributed by atoms with Crippen molar-refractivity contribution in [3.8, 4) is 0 Å². The van der Waals surface area contributed by atoms with Gasteiger partial charge in [-0.1, -0.05) is 31.5 Å². The zero-order valence-corrected chi connectivity index (χ0v) is 12.5. The third-order valence-electron chi connectivity index (χ3n) is 2.83. The summed E-state index contributed by atoms with van der Waals surface area (Å²) in [4.78, 5) is 10.5. The molecule has 0 atom stereocenters. The van der Waals surface area contributed by atoms with Crippen LogP contribution in [0.5, 0.6) is 0 Å². The second-order valence-corrected chi connectivity index (χ2v) is 4.41. The fraction of sp³-hybridized carbons (Fsp3) is 0.533. The molecule has 0 aliphatic carbocycles. The van der Waals surface area contributed by atoms with Crippen molar-refractivity contribution in [2.75, 3.05) is 7.05 Å². The molecule has 0 amide bonds. The third-order valence-corrected chi connectivity index (χ3v) is 2.83. The molecule has 0 bridgehead atoms. The van der Waals surface area contributed by atoms with Gasteiger partial charge in [-0.3, -0.25) is 0 Å². The Morgan fingerprint density at radius 3 is 2.16 bits per heavy atom. The van der Waals surface area contributed by atoms with Crippen molar-refractivity contribution in [2.45, 2.75) is 46.6 Å². The monoisotopic (exact) mass is 264 g/mol. The molecule has 0 aliphatic heterocycles. The Balaban J connectivity index is 0.000000362. The van der Waals surface area contributed by atoms with E-state index in [1.165, 1.54) is 0 Å². The average molecular weight is 264 g/mol. The number of nitrogens with zero attached hydrogens (tertiary/aromatic N) is 2. The van der Waals surface area contributed by atoms with Crippen LogP contribution in [-0.2, 0) is 0 Å². The molecule has 106 valence electrons. The zero-order valence-electron chi connectivity index (χ0n) is 12.5. The van der Waals surface area contributed by atoms with Gasteiger partial charge < -0.3 is 5.11 Å². The molecule has 0 radical (unpaired) electrons. The van der Waals surface area contributed by atoms with Crippen LogP contribution in [0.15, 0.2) is 28.4 Å². The predicted molar refractivity (Wildman–Crippen MR) is 78.0 cm³/mol. The summed E-state index contributed by atoms with van der Waals surface area (Å²) in [6.07, 6.45) is 2.21. The highest BCUT2D eigenvalue weighted by atomic mass is 16.4. The largest absolute Gasteiger partial charge is 0.478 e. The molecule has 0 aromatic heterocycles. The van der Waals surface area contributed by atoms with Gasteiger partial charge in [0.1, 0.15) is 0 Å². The van der Waals surface area contributed by atoms with E-state index in [-0.39, 0.29) is 0 Å². The van der Waals surface area contributed by atoms with Crippen LogP contribution in [0.1, 0.15) is 48.2 Å². The molecule has 1 aromatic rings. The zero-order chi connectivity index (χ0) is 14.8. The van der Waals surface area contributed by atoms with Crippen LogP contribution in [0.25, 0.3) is 0 Å². The number of hydrogen-bond acceptors (Lipinski definition) is 3. The highest BCUT2D eigenvalue weighted by Gasteiger charge is 2.04. The summed E-state index contributed by atoms with van der Waals surface area (Å²) >= 11 is 0. The molecule has 0 aliphatic rings. The lowest BCUT2D eigenvalue weighted by molar-refractivity contribution is 0.0696. The van der Waals surface area contributed by atoms with Gasteiger partial charge in [0.15, 0.2) is 0 Å². The first kappa shape index (κ1) is 17.3. The van der Waals surface area contributed by atoms with Gasteiger partial charge >= 0.3 is 5.97 Å². The molecule has 4 heteroatoms. The summed E-state index contributed by atoms with van der Waals surface area (Å²) in [5, 5.41) is 16.3. The molecule has 1 N–H and O–H groups in total. The number of aromatic carboxylic acids is 1. The first-order valence-electron chi connectivity index (χ1n) is 6.55. The fourth-order valence-electron chi connectivity index (χ4n) is 1.67. The fourth-order valence-corrected chi connectivity index (χ4v) is 1.67. The van der Waals surface area contributed by atoms with Gasteiger partial charge in [0.25, 0.3) is 0 Å². The van der Waals surface area contributed by atoms with Crippen molar-refractivity contribution < 1.29 is 9.90 Å². The number of azo groups is 1. The van der Waals surface area contributed by atoms with Crippen LogP contribution in [0.4, 0.5) is 0 Å². The highest BCUT2D eigenvalue weighted by molar-refractivity contribution is 5.89. The Kier molecular flexibility index (Phi) is 8.42. The molecule has 0 saturated carbocycles. The summed E-state index contributed by atoms with van der Waals surface area (Å²) in [6.45, 7) is 8.00. The van der Waals surface area contributed by atoms with Crippen molar-refractivity contribution >= 4 is 5.97 Å². The number of rotatable bonds is 4. The van der Waals surface area contributed by atoms with Gasteiger partial charge in [0, 0.05) is 7.05 Å². The van der Waals surface area contributed by atoms with E-state index in [1.54, 1.807) is 26.1 Å². The summed E-state index contributed by atoms with van der Waals surface area (Å²) in [5.41, 5.74) is 2.29. The van der Waals surface area contributed by atoms with Gasteiger partial charge in [-0.05, 0) is 38.3 Å². The minimum atomic E-state index is -0.859. The molecular formula is C15H24N2O2. The van der Waals surface area contributed by atoms with Crippen LogP contribution in [0, 0.1) is 13.8 Å². The molecule has 19 heavy (non-hydrogen) atoms. The van der Waals surface area contributed by atoms with E-state index in [0.29, 0.717) is 11.6 Å². The van der Waals surface area contributed by atoms with Crippen LogP contribution >= 0.6 is 0 Å². The van der Waals surface area contributed by atoms with E-state index in [9.17, 15) is 4.79 Å². The van der Waals surface area contributed by atoms with Crippen molar-refractivity contribution in [3.05, 3.63) is 34.9 Å². The molecule has 1 rings (SSSR count). The van der Waals surface area contributed by atoms with E-state index in [0.717, 1.165) is 24.0 Å². The maximum Gasteiger partial charge on any atom is 0.335 e. The maximum atomic E-state index is 10.5. The summed E-state index contributed by atoms with van der Waals surface area (Å²) in [7, 11) is 1.72. The molecule has 4 nitrogen and oxygen atoms in total. The summed E-state index contributed by atoms with van der Waals surface area (Å²) in [5.74, 6) is -0.859. The predicted octanol–water partition coefficient (Wildman–Crippen LogP) is 4.26. The van der Waals surface area contributed by atoms with Gasteiger partial charge in [-0.2, -0.15) is 10.2 Å². The number of carboxylic acid groups (broad SMARTS) is 1. The Morgan fingerprint density at radius 1 is 1.26 bits per heavy atom. The minimum Gasteiger partial charge on any atom is -0.478 e. The van der Waals surface area contributed by atoms with Crippen LogP contribution in [-0.4, -0.2) is 24.2 Å². The maximum absolute atomic E-state index is 10.5. The van der Waals surface area contributed by atoms with Crippen LogP contribution in [0.2, 0.25) is 0 Å². The van der Waals surface area contributed by atoms with Crippen molar-refractivity contribution in [2.24, 2.45) is 10.2 Å². The lowest BCUT2D eigenvalue weighted by Crippen LogP contribution is -1.99. The molecule has 0 fully saturated rings. The SMILES string of the molecule is CCC(CC)N=NC.Cc1ccc(C(=O)O)c(C)c1. The van der Waals surface area contributed by atoms with E-state index in [1.807, 2.05) is 13.0 Å². The molecule has 0 unspecified atom stereocenters. The standard InChI is InChI=1S/C9H10O2.C6H14N2/c1-6-3-4-8(9(10)11)7(2)5-6;1-4-6(5-2)8-7-3/h3-5H,1-2H3,(H,10,11);6H,4-5H2,1-3H3. The van der Waals surface area contributed by atoms with E-state index >= 15 is 0 Å². The smallest absolute Gasteiger partial charge is 0.335 e. The van der Waals surface area contributed by atoms with E-state index in [4.69, 9.17) is 5.11 Å². The molecule has 0 spiro atoms. The lowest BCUT2D eigenvalue weighted by atomic mass is 10.1. The normalized spacial score (nSPS) is 10.4. The number of carbonyl (C=O) groups is 1. The second kappa shape index (κ2) is 9.25. The average Bonchev–Trinajstić information content (AvgIpc) is 2.36. The topological polar surface area (TPSA) is 62.0 Å². The van der Waals surface area contributed by atoms with Crippen molar-refractivity contribution in [1.82, 2.24) is 0 Å². The number of hydrogen-bond donors (Lipinski definition) is 1. The van der Waals surface area contributed by atoms with Crippen molar-refractivity contribution in [3.63, 3.8) is 0 Å². The molecule has 0 saturated heterocycles. The quantitative estimate of drug-likeness (QED) is 0.826. The first-order chi connectivity index (χ1) is 8.96. The first-order valence-corrected chi connectivity index (χ1v) is 6.55. The van der Waals surface area contributed by atoms with Crippen LogP contribution < -0.4 is 0 Å². The molecule has 0 heterocycles. The van der Waals surface area contributed by atoms with Crippen LogP contribution in [0.3, 0.4) is 0 Å². The van der Waals surface area contributed by atoms with Gasteiger partial charge in [-0.25, -0.2) is 4.79 Å². The number of aryl methyl sites for hydroxylation is 2. The third kappa shape index (κ3) is 6.70. The van der Waals surface area contributed by atoms with Crippen molar-refractivity contribution in [1.29, 1.82) is 0 Å². The minimum absolute atomic E-state index is 0.385. The summed E-state index contributed by atoms with van der Waals surface area (Å²) < 4.78 is 0. The van der Waals surface area contributed by atoms with E-state index < -0.39 is 5.97 Å². The molecule has 1 aromatic carbocycles. The highest BCUT2D eigenvalue weighted by Crippen LogP contribution is 2.09. The Bertz CT molecular complexity index is 424. The Hall–Kier alpha value is -1.71. The Morgan fingerprint density at radius 2 is 1.84 bits per heavy atom. The second-order valence-electron chi connectivity index (χ2n) is 4.41.